The van der Waals surface area contributed by atoms with Crippen molar-refractivity contribution in [2.24, 2.45) is 0 Å². The van der Waals surface area contributed by atoms with Gasteiger partial charge in [-0.05, 0) is 24.4 Å². The molecule has 32 valence electrons. The van der Waals surface area contributed by atoms with Crippen LogP contribution < -0.4 is 0 Å². The highest BCUT2D eigenvalue weighted by molar-refractivity contribution is 7.78. The molecule has 6 heavy (non-hydrogen) atoms. The molecule has 0 aliphatic rings. The molecule has 0 bridgehead atoms. The number of isothiocyanates is 2. The second kappa shape index (κ2) is 23.3. The maximum atomic E-state index is 5.77. The van der Waals surface area contributed by atoms with E-state index < -0.39 is 0 Å². The molecule has 0 saturated carbocycles. The molecule has 0 aliphatic carbocycles. The van der Waals surface area contributed by atoms with Gasteiger partial charge < -0.3 is 0 Å². The lowest BCUT2D eigenvalue weighted by atomic mass is 11.8. The summed E-state index contributed by atoms with van der Waals surface area (Å²) in [5, 5.41) is 14.7. The summed E-state index contributed by atoms with van der Waals surface area (Å²) >= 11 is 7.62. The summed E-state index contributed by atoms with van der Waals surface area (Å²) in [4.78, 5) is 0. The predicted molar refractivity (Wildman–Crippen MR) is 30.6 cm³/mol. The Morgan fingerprint density at radius 2 is 1.00 bits per heavy atom. The first-order valence-corrected chi connectivity index (χ1v) is 1.72. The highest BCUT2D eigenvalue weighted by atomic mass is 32.1. The lowest BCUT2D eigenvalue weighted by Crippen LogP contribution is -1.03. The summed E-state index contributed by atoms with van der Waals surface area (Å²) in [6.07, 6.45) is 0. The van der Waals surface area contributed by atoms with Gasteiger partial charge in [0.1, 0.15) is 0 Å². The van der Waals surface area contributed by atoms with Crippen LogP contribution in [0.3, 0.4) is 0 Å². The van der Waals surface area contributed by atoms with Crippen molar-refractivity contribution in [1.82, 2.24) is 0 Å². The van der Waals surface area contributed by atoms with Crippen molar-refractivity contribution in [3.63, 3.8) is 0 Å². The highest BCUT2D eigenvalue weighted by Crippen LogP contribution is 1.16. The van der Waals surface area contributed by atoms with Crippen molar-refractivity contribution in [1.29, 1.82) is 10.8 Å². The van der Waals surface area contributed by atoms with Gasteiger partial charge in [0.05, 0.1) is 10.3 Å². The van der Waals surface area contributed by atoms with Crippen LogP contribution in [0.15, 0.2) is 0 Å². The van der Waals surface area contributed by atoms with Crippen molar-refractivity contribution in [2.75, 3.05) is 0 Å². The summed E-state index contributed by atoms with van der Waals surface area (Å²) in [7, 11) is 0. The number of thiocarbonyl (C=S) groups is 2. The predicted octanol–water partition coefficient (Wildman–Crippen LogP) is 1.34. The average molecular weight is 118 g/mol. The molecular weight excluding hydrogens is 116 g/mol. The lowest BCUT2D eigenvalue weighted by molar-refractivity contribution is 1.61. The fourth-order valence-corrected chi connectivity index (χ4v) is 0. The molecule has 0 amide bonds. The number of rotatable bonds is 0. The Morgan fingerprint density at radius 3 is 1.00 bits per heavy atom. The Labute approximate surface area is 46.2 Å². The number of hydrogen-bond acceptors (Lipinski definition) is 4. The van der Waals surface area contributed by atoms with Gasteiger partial charge in [0.2, 0.25) is 0 Å². The molecule has 0 atom stereocenters. The first-order chi connectivity index (χ1) is 2.83. The minimum Gasteiger partial charge on any atom is -0.248 e. The summed E-state index contributed by atoms with van der Waals surface area (Å²) in [5.74, 6) is 0. The zero-order valence-corrected chi connectivity index (χ0v) is 4.45. The first-order valence-electron chi connectivity index (χ1n) is 0.908. The van der Waals surface area contributed by atoms with E-state index in [-0.39, 0.29) is 0 Å². The van der Waals surface area contributed by atoms with E-state index in [1.165, 1.54) is 0 Å². The molecule has 4 heteroatoms. The topological polar surface area (TPSA) is 47.7 Å². The molecule has 0 aliphatic heterocycles. The van der Waals surface area contributed by atoms with Crippen LogP contribution in [0, 0.1) is 10.8 Å². The zero-order chi connectivity index (χ0) is 5.41. The Balaban J connectivity index is 0. The van der Waals surface area contributed by atoms with Gasteiger partial charge in [0.25, 0.3) is 0 Å². The van der Waals surface area contributed by atoms with Crippen LogP contribution in [0.1, 0.15) is 0 Å². The monoisotopic (exact) mass is 118 g/mol. The third-order valence-electron chi connectivity index (χ3n) is 0. The van der Waals surface area contributed by atoms with E-state index in [9.17, 15) is 0 Å². The van der Waals surface area contributed by atoms with Gasteiger partial charge in [-0.2, -0.15) is 0 Å². The molecule has 2 N–H and O–H groups in total. The maximum absolute atomic E-state index is 5.77. The van der Waals surface area contributed by atoms with Crippen LogP contribution in [0.5, 0.6) is 0 Å². The summed E-state index contributed by atoms with van der Waals surface area (Å²) in [6, 6.07) is 0. The standard InChI is InChI=1S/2CHNS/c2*2-1-3/h2*2H. The molecule has 0 saturated heterocycles. The second-order valence-electron chi connectivity index (χ2n) is 0.204. The molecule has 0 unspecified atom stereocenters. The summed E-state index contributed by atoms with van der Waals surface area (Å²) in [5.41, 5.74) is 0. The third-order valence-corrected chi connectivity index (χ3v) is 0. The van der Waals surface area contributed by atoms with Crippen LogP contribution in [0.25, 0.3) is 0 Å². The van der Waals surface area contributed by atoms with Crippen molar-refractivity contribution >= 4 is 34.8 Å². The van der Waals surface area contributed by atoms with Gasteiger partial charge in [0.15, 0.2) is 0 Å². The molecule has 0 aromatic heterocycles. The van der Waals surface area contributed by atoms with E-state index in [4.69, 9.17) is 10.8 Å². The lowest BCUT2D eigenvalue weighted by Gasteiger charge is -1.05. The Kier molecular flexibility index (Phi) is 35.5. The van der Waals surface area contributed by atoms with Crippen molar-refractivity contribution < 1.29 is 0 Å². The van der Waals surface area contributed by atoms with E-state index in [0.717, 1.165) is 0 Å². The average Bonchev–Trinajstić information content (AvgIpc) is 1.39. The smallest absolute Gasteiger partial charge is 0.0554 e. The maximum Gasteiger partial charge on any atom is 0.0554 e. The molecule has 0 spiro atoms. The van der Waals surface area contributed by atoms with E-state index >= 15 is 0 Å². The van der Waals surface area contributed by atoms with Crippen LogP contribution >= 0.6 is 24.4 Å². The first kappa shape index (κ1) is 9.14. The molecule has 2 nitrogen and oxygen atoms in total. The minimum atomic E-state index is 1.58. The Bertz CT molecular complexity index is 63.5. The Hall–Kier alpha value is -0.400. The summed E-state index contributed by atoms with van der Waals surface area (Å²) in [6.45, 7) is 0. The van der Waals surface area contributed by atoms with Crippen LogP contribution in [-0.4, -0.2) is 10.3 Å². The van der Waals surface area contributed by atoms with Gasteiger partial charge in [-0.25, -0.2) is 10.8 Å². The molecule has 0 aromatic carbocycles. The quantitative estimate of drug-likeness (QED) is 0.372. The van der Waals surface area contributed by atoms with Gasteiger partial charge in [-0.3, -0.25) is 0 Å². The van der Waals surface area contributed by atoms with Crippen LogP contribution in [0.4, 0.5) is 0 Å². The van der Waals surface area contributed by atoms with E-state index in [2.05, 4.69) is 24.4 Å². The largest absolute Gasteiger partial charge is 0.248 e. The number of nitrogens with one attached hydrogen (secondary N) is 2. The zero-order valence-electron chi connectivity index (χ0n) is 2.82. The van der Waals surface area contributed by atoms with Gasteiger partial charge >= 0.3 is 0 Å². The van der Waals surface area contributed by atoms with Gasteiger partial charge in [-0.15, -0.1) is 0 Å². The van der Waals surface area contributed by atoms with E-state index in [1.807, 2.05) is 0 Å². The molecule has 0 radical (unpaired) electrons. The van der Waals surface area contributed by atoms with Crippen LogP contribution in [-0.2, 0) is 0 Å². The number of hydrogen-bond donors (Lipinski definition) is 2. The van der Waals surface area contributed by atoms with E-state index in [1.54, 1.807) is 10.3 Å². The van der Waals surface area contributed by atoms with Crippen LogP contribution in [0.2, 0.25) is 0 Å². The third kappa shape index (κ3) is 152. The van der Waals surface area contributed by atoms with Gasteiger partial charge in [-0.1, -0.05) is 0 Å². The molecule has 0 heterocycles. The summed E-state index contributed by atoms with van der Waals surface area (Å²) < 4.78 is 0. The minimum absolute atomic E-state index is 1.58. The fourth-order valence-electron chi connectivity index (χ4n) is 0. The SMILES string of the molecule is N=C=S.N=C=S. The van der Waals surface area contributed by atoms with Crippen molar-refractivity contribution in [2.45, 2.75) is 0 Å². The normalized spacial score (nSPS) is 2.67. The second-order valence-corrected chi connectivity index (χ2v) is 0.612. The molecule has 0 rings (SSSR count). The highest BCUT2D eigenvalue weighted by Gasteiger charge is 0.978. The molecule has 0 fully saturated rings. The van der Waals surface area contributed by atoms with Gasteiger partial charge in [0, 0.05) is 0 Å². The van der Waals surface area contributed by atoms with E-state index in [0.29, 0.717) is 0 Å². The van der Waals surface area contributed by atoms with Crippen molar-refractivity contribution in [3.8, 4) is 0 Å². The van der Waals surface area contributed by atoms with Crippen molar-refractivity contribution in [3.05, 3.63) is 0 Å². The Morgan fingerprint density at radius 1 is 1.00 bits per heavy atom. The fraction of sp³-hybridized carbons (Fsp3) is 0. The molecule has 0 aromatic rings. The molecular formula is C2H2N2S2.